The lowest BCUT2D eigenvalue weighted by Gasteiger charge is -2.22. The predicted molar refractivity (Wildman–Crippen MR) is 56.1 cm³/mol. The molecule has 0 aromatic heterocycles. The molecule has 2 N–H and O–H groups in total. The molecule has 2 aliphatic carbocycles. The molecule has 0 radical (unpaired) electrons. The first-order valence-electron chi connectivity index (χ1n) is 5.84. The monoisotopic (exact) mass is 196 g/mol. The molecule has 3 nitrogen and oxygen atoms in total. The molecule has 2 saturated carbocycles. The molecule has 2 amide bonds. The predicted octanol–water partition coefficient (Wildman–Crippen LogP) is 1.88. The average molecular weight is 196 g/mol. The number of hydrogen-bond donors (Lipinski definition) is 2. The molecule has 0 unspecified atom stereocenters. The molecular formula is C11H20N2O. The van der Waals surface area contributed by atoms with Gasteiger partial charge >= 0.3 is 6.03 Å². The van der Waals surface area contributed by atoms with Gasteiger partial charge in [-0.3, -0.25) is 0 Å². The number of hydrogen-bond acceptors (Lipinski definition) is 1. The minimum Gasteiger partial charge on any atom is -0.338 e. The van der Waals surface area contributed by atoms with E-state index in [2.05, 4.69) is 17.6 Å². The molecule has 2 fully saturated rings. The fourth-order valence-electron chi connectivity index (χ4n) is 2.88. The van der Waals surface area contributed by atoms with Gasteiger partial charge < -0.3 is 10.6 Å². The molecule has 0 aromatic carbocycles. The lowest BCUT2D eigenvalue weighted by molar-refractivity contribution is 0.230. The number of nitrogens with one attached hydrogen (secondary N) is 2. The van der Waals surface area contributed by atoms with Crippen LogP contribution >= 0.6 is 0 Å². The van der Waals surface area contributed by atoms with E-state index in [0.717, 1.165) is 24.8 Å². The molecule has 2 aliphatic rings. The standard InChI is InChI=1S/C11H20N2O/c1-2-5-12-11(14)13-10-7-8-3-4-9(10)6-8/h8-10H,2-7H2,1H3,(H2,12,13,14)/t8-,9-,10-/m1/s1. The Morgan fingerprint density at radius 3 is 2.79 bits per heavy atom. The number of carbonyl (C=O) groups excluding carboxylic acids is 1. The lowest BCUT2D eigenvalue weighted by Crippen LogP contribution is -2.44. The number of rotatable bonds is 3. The first-order chi connectivity index (χ1) is 6.79. The number of amides is 2. The van der Waals surface area contributed by atoms with Crippen molar-refractivity contribution in [1.82, 2.24) is 10.6 Å². The van der Waals surface area contributed by atoms with Crippen LogP contribution in [0.15, 0.2) is 0 Å². The molecule has 2 rings (SSSR count). The highest BCUT2D eigenvalue weighted by Gasteiger charge is 2.39. The maximum absolute atomic E-state index is 11.4. The van der Waals surface area contributed by atoms with Crippen LogP contribution in [0.2, 0.25) is 0 Å². The van der Waals surface area contributed by atoms with Crippen LogP contribution in [-0.4, -0.2) is 18.6 Å². The SMILES string of the molecule is CCCNC(=O)N[C@@H]1C[C@@H]2CC[C@@H]1C2. The van der Waals surface area contributed by atoms with Crippen molar-refractivity contribution in [1.29, 1.82) is 0 Å². The molecular weight excluding hydrogens is 176 g/mol. The molecule has 3 atom stereocenters. The van der Waals surface area contributed by atoms with Crippen molar-refractivity contribution < 1.29 is 4.79 Å². The third kappa shape index (κ3) is 2.02. The van der Waals surface area contributed by atoms with Crippen molar-refractivity contribution in [2.24, 2.45) is 11.8 Å². The lowest BCUT2D eigenvalue weighted by atomic mass is 9.95. The summed E-state index contributed by atoms with van der Waals surface area (Å²) in [6, 6.07) is 0.495. The highest BCUT2D eigenvalue weighted by atomic mass is 16.2. The first-order valence-corrected chi connectivity index (χ1v) is 5.84. The first kappa shape index (κ1) is 9.81. The molecule has 2 bridgehead atoms. The van der Waals surface area contributed by atoms with Crippen molar-refractivity contribution in [3.63, 3.8) is 0 Å². The van der Waals surface area contributed by atoms with Crippen LogP contribution in [0.3, 0.4) is 0 Å². The summed E-state index contributed by atoms with van der Waals surface area (Å²) in [7, 11) is 0. The summed E-state index contributed by atoms with van der Waals surface area (Å²) in [5.74, 6) is 1.67. The Balaban J connectivity index is 1.73. The summed E-state index contributed by atoms with van der Waals surface area (Å²) in [5, 5.41) is 5.96. The Hall–Kier alpha value is -0.730. The summed E-state index contributed by atoms with van der Waals surface area (Å²) in [6.45, 7) is 2.85. The van der Waals surface area contributed by atoms with E-state index in [-0.39, 0.29) is 6.03 Å². The minimum absolute atomic E-state index is 0.0319. The third-order valence-corrected chi connectivity index (χ3v) is 3.59. The van der Waals surface area contributed by atoms with Crippen molar-refractivity contribution in [2.45, 2.75) is 45.1 Å². The van der Waals surface area contributed by atoms with Crippen molar-refractivity contribution >= 4 is 6.03 Å². The van der Waals surface area contributed by atoms with Crippen molar-refractivity contribution in [2.75, 3.05) is 6.54 Å². The summed E-state index contributed by atoms with van der Waals surface area (Å²) >= 11 is 0. The molecule has 80 valence electrons. The molecule has 0 saturated heterocycles. The molecule has 0 spiro atoms. The van der Waals surface area contributed by atoms with Gasteiger partial charge in [-0.2, -0.15) is 0 Å². The largest absolute Gasteiger partial charge is 0.338 e. The van der Waals surface area contributed by atoms with Crippen LogP contribution in [0.5, 0.6) is 0 Å². The Morgan fingerprint density at radius 2 is 2.21 bits per heavy atom. The zero-order valence-corrected chi connectivity index (χ0v) is 8.88. The quantitative estimate of drug-likeness (QED) is 0.711. The van der Waals surface area contributed by atoms with Gasteiger partial charge in [0.1, 0.15) is 0 Å². The van der Waals surface area contributed by atoms with Crippen LogP contribution < -0.4 is 10.6 Å². The highest BCUT2D eigenvalue weighted by molar-refractivity contribution is 5.74. The maximum Gasteiger partial charge on any atom is 0.315 e. The van der Waals surface area contributed by atoms with Gasteiger partial charge in [-0.15, -0.1) is 0 Å². The summed E-state index contributed by atoms with van der Waals surface area (Å²) < 4.78 is 0. The van der Waals surface area contributed by atoms with E-state index in [1.807, 2.05) is 0 Å². The van der Waals surface area contributed by atoms with Gasteiger partial charge in [0.05, 0.1) is 0 Å². The van der Waals surface area contributed by atoms with E-state index >= 15 is 0 Å². The van der Waals surface area contributed by atoms with Gasteiger partial charge in [0.15, 0.2) is 0 Å². The van der Waals surface area contributed by atoms with Gasteiger partial charge in [-0.1, -0.05) is 13.3 Å². The smallest absolute Gasteiger partial charge is 0.315 e. The summed E-state index contributed by atoms with van der Waals surface area (Å²) in [4.78, 5) is 11.4. The Bertz CT molecular complexity index is 217. The zero-order valence-electron chi connectivity index (χ0n) is 8.88. The van der Waals surface area contributed by atoms with Crippen LogP contribution in [0, 0.1) is 11.8 Å². The van der Waals surface area contributed by atoms with Gasteiger partial charge in [0, 0.05) is 12.6 Å². The van der Waals surface area contributed by atoms with E-state index in [1.165, 1.54) is 25.7 Å². The Labute approximate surface area is 85.6 Å². The van der Waals surface area contributed by atoms with Gasteiger partial charge in [0.2, 0.25) is 0 Å². The van der Waals surface area contributed by atoms with E-state index in [4.69, 9.17) is 0 Å². The number of carbonyl (C=O) groups is 1. The highest BCUT2D eigenvalue weighted by Crippen LogP contribution is 2.44. The van der Waals surface area contributed by atoms with Crippen LogP contribution in [0.4, 0.5) is 4.79 Å². The molecule has 3 heteroatoms. The van der Waals surface area contributed by atoms with Crippen LogP contribution in [0.25, 0.3) is 0 Å². The Kier molecular flexibility index (Phi) is 2.94. The second-order valence-corrected chi connectivity index (χ2v) is 4.68. The van der Waals surface area contributed by atoms with E-state index in [0.29, 0.717) is 6.04 Å². The number of fused-ring (bicyclic) bond motifs is 2. The average Bonchev–Trinajstić information content (AvgIpc) is 2.76. The topological polar surface area (TPSA) is 41.1 Å². The van der Waals surface area contributed by atoms with E-state index in [9.17, 15) is 4.79 Å². The van der Waals surface area contributed by atoms with E-state index < -0.39 is 0 Å². The summed E-state index contributed by atoms with van der Waals surface area (Å²) in [5.41, 5.74) is 0. The van der Waals surface area contributed by atoms with E-state index in [1.54, 1.807) is 0 Å². The second kappa shape index (κ2) is 4.20. The normalized spacial score (nSPS) is 34.5. The minimum atomic E-state index is 0.0319. The van der Waals surface area contributed by atoms with Crippen LogP contribution in [0.1, 0.15) is 39.0 Å². The molecule has 14 heavy (non-hydrogen) atoms. The van der Waals surface area contributed by atoms with Crippen molar-refractivity contribution in [3.05, 3.63) is 0 Å². The van der Waals surface area contributed by atoms with Gasteiger partial charge in [-0.25, -0.2) is 4.79 Å². The molecule has 0 aromatic rings. The van der Waals surface area contributed by atoms with Crippen LogP contribution in [-0.2, 0) is 0 Å². The fraction of sp³-hybridized carbons (Fsp3) is 0.909. The maximum atomic E-state index is 11.4. The molecule has 0 heterocycles. The van der Waals surface area contributed by atoms with Gasteiger partial charge in [0.25, 0.3) is 0 Å². The fourth-order valence-corrected chi connectivity index (χ4v) is 2.88. The Morgan fingerprint density at radius 1 is 1.36 bits per heavy atom. The second-order valence-electron chi connectivity index (χ2n) is 4.68. The zero-order chi connectivity index (χ0) is 9.97. The number of urea groups is 1. The molecule has 0 aliphatic heterocycles. The third-order valence-electron chi connectivity index (χ3n) is 3.59. The van der Waals surface area contributed by atoms with Gasteiger partial charge in [-0.05, 0) is 37.5 Å². The van der Waals surface area contributed by atoms with Crippen molar-refractivity contribution in [3.8, 4) is 0 Å². The summed E-state index contributed by atoms with van der Waals surface area (Å²) in [6.07, 6.45) is 6.27.